The largest absolute Gasteiger partial charge is 0.508 e. The number of nitrogens with one attached hydrogen (secondary N) is 1. The van der Waals surface area contributed by atoms with Gasteiger partial charge in [0.2, 0.25) is 0 Å². The average molecular weight is 285 g/mol. The van der Waals surface area contributed by atoms with Gasteiger partial charge >= 0.3 is 0 Å². The van der Waals surface area contributed by atoms with Crippen molar-refractivity contribution < 1.29 is 14.6 Å². The molecule has 1 aliphatic rings. The van der Waals surface area contributed by atoms with Gasteiger partial charge in [-0.2, -0.15) is 0 Å². The van der Waals surface area contributed by atoms with E-state index in [2.05, 4.69) is 17.4 Å². The smallest absolute Gasteiger partial charge is 0.127 e. The third kappa shape index (κ3) is 3.01. The third-order valence-corrected chi connectivity index (χ3v) is 3.74. The van der Waals surface area contributed by atoms with Gasteiger partial charge in [-0.1, -0.05) is 24.3 Å². The normalized spacial score (nSPS) is 16.5. The van der Waals surface area contributed by atoms with Crippen LogP contribution < -0.4 is 10.1 Å². The van der Waals surface area contributed by atoms with Crippen molar-refractivity contribution in [1.29, 1.82) is 0 Å². The number of phenolic OH excluding ortho intramolecular Hbond substituents is 1. The molecule has 110 valence electrons. The second-order valence-corrected chi connectivity index (χ2v) is 5.17. The van der Waals surface area contributed by atoms with Crippen LogP contribution in [0.3, 0.4) is 0 Å². The molecular formula is C17H19NO3. The Labute approximate surface area is 124 Å². The van der Waals surface area contributed by atoms with E-state index < -0.39 is 0 Å². The number of ether oxygens (including phenoxy) is 2. The zero-order chi connectivity index (χ0) is 14.7. The van der Waals surface area contributed by atoms with E-state index in [1.165, 1.54) is 11.1 Å². The Bertz CT molecular complexity index is 627. The molecule has 0 saturated carbocycles. The van der Waals surface area contributed by atoms with Crippen molar-refractivity contribution in [3.8, 4) is 11.5 Å². The Morgan fingerprint density at radius 1 is 1.24 bits per heavy atom. The molecule has 2 aromatic rings. The highest BCUT2D eigenvalue weighted by molar-refractivity contribution is 5.44. The first-order chi connectivity index (χ1) is 10.3. The first-order valence-electron chi connectivity index (χ1n) is 7.02. The fourth-order valence-corrected chi connectivity index (χ4v) is 2.63. The quantitative estimate of drug-likeness (QED) is 0.887. The molecule has 0 amide bonds. The van der Waals surface area contributed by atoms with E-state index >= 15 is 0 Å². The van der Waals surface area contributed by atoms with Gasteiger partial charge in [-0.05, 0) is 23.3 Å². The van der Waals surface area contributed by atoms with Gasteiger partial charge in [-0.15, -0.1) is 0 Å². The minimum absolute atomic E-state index is 0.149. The molecule has 0 fully saturated rings. The van der Waals surface area contributed by atoms with E-state index in [-0.39, 0.29) is 11.8 Å². The predicted molar refractivity (Wildman–Crippen MR) is 80.3 cm³/mol. The molecule has 0 aromatic heterocycles. The summed E-state index contributed by atoms with van der Waals surface area (Å²) in [6.45, 7) is 1.96. The summed E-state index contributed by atoms with van der Waals surface area (Å²) in [6, 6.07) is 13.7. The maximum Gasteiger partial charge on any atom is 0.127 e. The molecule has 2 N–H and O–H groups in total. The molecule has 3 rings (SSSR count). The molecule has 1 unspecified atom stereocenters. The lowest BCUT2D eigenvalue weighted by atomic mass is 10.1. The van der Waals surface area contributed by atoms with E-state index in [0.29, 0.717) is 13.2 Å². The van der Waals surface area contributed by atoms with Crippen molar-refractivity contribution in [3.05, 3.63) is 59.2 Å². The molecule has 0 aliphatic carbocycles. The molecule has 0 spiro atoms. The molecule has 0 saturated heterocycles. The van der Waals surface area contributed by atoms with Crippen molar-refractivity contribution in [2.45, 2.75) is 19.2 Å². The van der Waals surface area contributed by atoms with E-state index in [4.69, 9.17) is 9.47 Å². The van der Waals surface area contributed by atoms with Crippen LogP contribution >= 0.6 is 0 Å². The van der Waals surface area contributed by atoms with E-state index in [9.17, 15) is 5.11 Å². The lowest BCUT2D eigenvalue weighted by Gasteiger charge is -2.14. The van der Waals surface area contributed by atoms with Gasteiger partial charge in [-0.25, -0.2) is 0 Å². The summed E-state index contributed by atoms with van der Waals surface area (Å²) < 4.78 is 10.8. The predicted octanol–water partition coefficient (Wildman–Crippen LogP) is 2.76. The van der Waals surface area contributed by atoms with Crippen molar-refractivity contribution in [1.82, 2.24) is 5.32 Å². The van der Waals surface area contributed by atoms with Crippen LogP contribution in [0.25, 0.3) is 0 Å². The van der Waals surface area contributed by atoms with Gasteiger partial charge in [0.15, 0.2) is 0 Å². The summed E-state index contributed by atoms with van der Waals surface area (Å²) in [4.78, 5) is 0. The number of benzene rings is 2. The summed E-state index contributed by atoms with van der Waals surface area (Å²) in [5, 5.41) is 13.0. The fraction of sp³-hybridized carbons (Fsp3) is 0.294. The number of rotatable bonds is 5. The molecular weight excluding hydrogens is 266 g/mol. The van der Waals surface area contributed by atoms with Crippen molar-refractivity contribution >= 4 is 0 Å². The highest BCUT2D eigenvalue weighted by Gasteiger charge is 2.24. The molecule has 1 heterocycles. The molecule has 21 heavy (non-hydrogen) atoms. The van der Waals surface area contributed by atoms with Crippen LogP contribution in [0.1, 0.15) is 22.7 Å². The minimum Gasteiger partial charge on any atom is -0.508 e. The topological polar surface area (TPSA) is 50.7 Å². The molecule has 0 radical (unpaired) electrons. The third-order valence-electron chi connectivity index (χ3n) is 3.74. The van der Waals surface area contributed by atoms with Crippen LogP contribution in [0.2, 0.25) is 0 Å². The van der Waals surface area contributed by atoms with E-state index in [0.717, 1.165) is 17.9 Å². The first-order valence-corrected chi connectivity index (χ1v) is 7.02. The monoisotopic (exact) mass is 285 g/mol. The van der Waals surface area contributed by atoms with Gasteiger partial charge in [-0.3, -0.25) is 0 Å². The fourth-order valence-electron chi connectivity index (χ4n) is 2.63. The Balaban J connectivity index is 1.70. The second kappa shape index (κ2) is 6.16. The lowest BCUT2D eigenvalue weighted by Crippen LogP contribution is -2.22. The minimum atomic E-state index is 0.149. The van der Waals surface area contributed by atoms with Crippen LogP contribution in [0.5, 0.6) is 11.5 Å². The standard InChI is InChI=1S/C17H19NO3/c1-20-10-13-5-3-2-4-12(13)9-18-16-11-21-17-8-14(19)6-7-15(16)17/h2-8,16,18-19H,9-11H2,1H3. The number of fused-ring (bicyclic) bond motifs is 1. The van der Waals surface area contributed by atoms with E-state index in [1.807, 2.05) is 18.2 Å². The van der Waals surface area contributed by atoms with E-state index in [1.54, 1.807) is 19.2 Å². The van der Waals surface area contributed by atoms with Crippen LogP contribution in [-0.2, 0) is 17.9 Å². The Hall–Kier alpha value is -2.04. The van der Waals surface area contributed by atoms with Crippen LogP contribution in [0, 0.1) is 0 Å². The van der Waals surface area contributed by atoms with Crippen LogP contribution in [0.15, 0.2) is 42.5 Å². The highest BCUT2D eigenvalue weighted by atomic mass is 16.5. The lowest BCUT2D eigenvalue weighted by molar-refractivity contribution is 0.184. The van der Waals surface area contributed by atoms with Gasteiger partial charge in [0.25, 0.3) is 0 Å². The van der Waals surface area contributed by atoms with Gasteiger partial charge in [0.05, 0.1) is 12.6 Å². The zero-order valence-electron chi connectivity index (χ0n) is 12.0. The molecule has 4 nitrogen and oxygen atoms in total. The Kier molecular flexibility index (Phi) is 4.08. The molecule has 4 heteroatoms. The summed E-state index contributed by atoms with van der Waals surface area (Å²) in [6.07, 6.45) is 0. The molecule has 2 aromatic carbocycles. The zero-order valence-corrected chi connectivity index (χ0v) is 12.0. The number of aromatic hydroxyl groups is 1. The number of methoxy groups -OCH3 is 1. The average Bonchev–Trinajstić information content (AvgIpc) is 2.89. The van der Waals surface area contributed by atoms with Gasteiger partial charge in [0, 0.05) is 25.3 Å². The number of hydrogen-bond acceptors (Lipinski definition) is 4. The molecule has 1 atom stereocenters. The van der Waals surface area contributed by atoms with Crippen molar-refractivity contribution in [2.75, 3.05) is 13.7 Å². The van der Waals surface area contributed by atoms with Gasteiger partial charge < -0.3 is 19.9 Å². The number of phenols is 1. The van der Waals surface area contributed by atoms with Crippen molar-refractivity contribution in [2.24, 2.45) is 0 Å². The SMILES string of the molecule is COCc1ccccc1CNC1COc2cc(O)ccc21. The van der Waals surface area contributed by atoms with Crippen LogP contribution in [-0.4, -0.2) is 18.8 Å². The maximum absolute atomic E-state index is 9.47. The molecule has 0 bridgehead atoms. The Morgan fingerprint density at radius 3 is 2.86 bits per heavy atom. The molecule has 1 aliphatic heterocycles. The number of hydrogen-bond donors (Lipinski definition) is 2. The summed E-state index contributed by atoms with van der Waals surface area (Å²) in [5.74, 6) is 0.998. The van der Waals surface area contributed by atoms with Gasteiger partial charge in [0.1, 0.15) is 18.1 Å². The van der Waals surface area contributed by atoms with Crippen LogP contribution in [0.4, 0.5) is 0 Å². The second-order valence-electron chi connectivity index (χ2n) is 5.17. The maximum atomic E-state index is 9.47. The highest BCUT2D eigenvalue weighted by Crippen LogP contribution is 2.35. The summed E-state index contributed by atoms with van der Waals surface area (Å²) in [7, 11) is 1.71. The summed E-state index contributed by atoms with van der Waals surface area (Å²) in [5.41, 5.74) is 3.51. The first kappa shape index (κ1) is 13.9. The van der Waals surface area contributed by atoms with Crippen molar-refractivity contribution in [3.63, 3.8) is 0 Å². The Morgan fingerprint density at radius 2 is 2.05 bits per heavy atom. The summed E-state index contributed by atoms with van der Waals surface area (Å²) >= 11 is 0.